The van der Waals surface area contributed by atoms with E-state index in [4.69, 9.17) is 0 Å². The second-order valence-electron chi connectivity index (χ2n) is 9.81. The maximum atomic E-state index is 15.3. The third-order valence-corrected chi connectivity index (χ3v) is 7.08. The van der Waals surface area contributed by atoms with Gasteiger partial charge in [-0.2, -0.15) is 14.9 Å². The van der Waals surface area contributed by atoms with Gasteiger partial charge in [-0.15, -0.1) is 0 Å². The summed E-state index contributed by atoms with van der Waals surface area (Å²) in [6.07, 6.45) is 5.19. The number of aromatic amines is 1. The van der Waals surface area contributed by atoms with Crippen LogP contribution in [-0.2, 0) is 6.42 Å². The normalized spacial score (nSPS) is 13.8. The Kier molecular flexibility index (Phi) is 7.21. The molecule has 0 spiro atoms. The van der Waals surface area contributed by atoms with Crippen LogP contribution in [0.1, 0.15) is 34.3 Å². The summed E-state index contributed by atoms with van der Waals surface area (Å²) in [6.45, 7) is 1.87. The molecule has 4 N–H and O–H groups in total. The van der Waals surface area contributed by atoms with Crippen molar-refractivity contribution in [3.8, 4) is 5.69 Å². The van der Waals surface area contributed by atoms with Crippen molar-refractivity contribution in [2.75, 3.05) is 23.7 Å². The van der Waals surface area contributed by atoms with E-state index in [0.29, 0.717) is 22.7 Å². The molecule has 6 rings (SSSR count). The Bertz CT molecular complexity index is 1780. The molecule has 5 aromatic rings. The second-order valence-corrected chi connectivity index (χ2v) is 9.81. The Balaban J connectivity index is 1.20. The Morgan fingerprint density at radius 1 is 1.00 bits per heavy atom. The molecule has 0 aliphatic carbocycles. The minimum absolute atomic E-state index is 0.192. The van der Waals surface area contributed by atoms with Gasteiger partial charge in [-0.25, -0.2) is 13.8 Å². The predicted molar refractivity (Wildman–Crippen MR) is 150 cm³/mol. The van der Waals surface area contributed by atoms with Gasteiger partial charge in [0.05, 0.1) is 11.1 Å². The maximum Gasteiger partial charge on any atom is 0.284 e. The van der Waals surface area contributed by atoms with Crippen LogP contribution in [0, 0.1) is 11.6 Å². The Morgan fingerprint density at radius 3 is 2.59 bits per heavy atom. The van der Waals surface area contributed by atoms with Crippen molar-refractivity contribution in [1.82, 2.24) is 30.3 Å². The number of carbonyl (C=O) groups excluding carboxylic acids is 1. The zero-order chi connectivity index (χ0) is 28.3. The molecule has 0 bridgehead atoms. The Labute approximate surface area is 232 Å². The summed E-state index contributed by atoms with van der Waals surface area (Å²) in [4.78, 5) is 30.2. The number of halogens is 2. The summed E-state index contributed by atoms with van der Waals surface area (Å²) in [5.41, 5.74) is 1.51. The fourth-order valence-electron chi connectivity index (χ4n) is 4.95. The maximum absolute atomic E-state index is 15.3. The first-order chi connectivity index (χ1) is 20.0. The van der Waals surface area contributed by atoms with Gasteiger partial charge in [0, 0.05) is 30.5 Å². The summed E-state index contributed by atoms with van der Waals surface area (Å²) in [7, 11) is 0. The third kappa shape index (κ3) is 5.54. The molecule has 10 nitrogen and oxygen atoms in total. The molecule has 1 aliphatic heterocycles. The molecule has 12 heteroatoms. The van der Waals surface area contributed by atoms with Crippen LogP contribution in [0.2, 0.25) is 0 Å². The van der Waals surface area contributed by atoms with Gasteiger partial charge < -0.3 is 16.0 Å². The van der Waals surface area contributed by atoms with Crippen molar-refractivity contribution in [3.63, 3.8) is 0 Å². The molecule has 1 aliphatic rings. The van der Waals surface area contributed by atoms with Gasteiger partial charge in [-0.05, 0) is 85.6 Å². The summed E-state index contributed by atoms with van der Waals surface area (Å²) in [6, 6.07) is 12.9. The minimum Gasteiger partial charge on any atom is -0.365 e. The number of rotatable bonds is 7. The van der Waals surface area contributed by atoms with E-state index in [9.17, 15) is 14.0 Å². The highest BCUT2D eigenvalue weighted by Gasteiger charge is 2.19. The molecule has 1 saturated heterocycles. The van der Waals surface area contributed by atoms with Crippen LogP contribution in [0.4, 0.5) is 20.3 Å². The molecule has 2 aromatic carbocycles. The van der Waals surface area contributed by atoms with Crippen LogP contribution in [0.25, 0.3) is 16.7 Å². The number of fused-ring (bicyclic) bond motifs is 1. The molecule has 1 amide bonds. The predicted octanol–water partition coefficient (Wildman–Crippen LogP) is 3.79. The van der Waals surface area contributed by atoms with Crippen molar-refractivity contribution in [1.29, 1.82) is 0 Å². The minimum atomic E-state index is -0.719. The average Bonchev–Trinajstić information content (AvgIpc) is 3.39. The lowest BCUT2D eigenvalue weighted by atomic mass is 10.0. The van der Waals surface area contributed by atoms with Crippen LogP contribution in [0.3, 0.4) is 0 Å². The van der Waals surface area contributed by atoms with E-state index < -0.39 is 23.1 Å². The lowest BCUT2D eigenvalue weighted by molar-refractivity contribution is 0.102. The number of anilines is 2. The number of amides is 1. The van der Waals surface area contributed by atoms with Crippen LogP contribution < -0.4 is 21.5 Å². The molecule has 0 unspecified atom stereocenters. The monoisotopic (exact) mass is 556 g/mol. The number of hydrogen-bond acceptors (Lipinski definition) is 7. The second kappa shape index (κ2) is 11.3. The Morgan fingerprint density at radius 2 is 1.80 bits per heavy atom. The molecule has 208 valence electrons. The molecule has 41 heavy (non-hydrogen) atoms. The largest absolute Gasteiger partial charge is 0.365 e. The van der Waals surface area contributed by atoms with Gasteiger partial charge in [-0.1, -0.05) is 6.07 Å². The van der Waals surface area contributed by atoms with Crippen LogP contribution in [-0.4, -0.2) is 50.0 Å². The van der Waals surface area contributed by atoms with Gasteiger partial charge in [0.25, 0.3) is 11.5 Å². The molecular formula is C29H26F2N8O2. The summed E-state index contributed by atoms with van der Waals surface area (Å²) < 4.78 is 29.5. The number of aromatic nitrogens is 5. The number of piperidine rings is 1. The van der Waals surface area contributed by atoms with Gasteiger partial charge >= 0.3 is 0 Å². The van der Waals surface area contributed by atoms with Crippen molar-refractivity contribution >= 4 is 28.4 Å². The van der Waals surface area contributed by atoms with Crippen molar-refractivity contribution in [2.45, 2.75) is 25.3 Å². The lowest BCUT2D eigenvalue weighted by Crippen LogP contribution is -2.35. The number of H-pyrrole nitrogens is 1. The van der Waals surface area contributed by atoms with Crippen LogP contribution in [0.5, 0.6) is 0 Å². The molecule has 1 fully saturated rings. The van der Waals surface area contributed by atoms with Crippen LogP contribution in [0.15, 0.2) is 71.8 Å². The SMILES string of the molecule is O=C(Nc1ccc(Cc2ccnc3[nH]nc(NC4CCNCC4)c23)c(F)c1)c1ccnn(-c2ccc(F)cc2)c1=O. The standard InChI is InChI=1S/C29H26F2N8O2/c30-19-2-5-22(6-3-19)39-29(41)23(10-14-34-39)28(40)36-21-4-1-17(24(31)16-21)15-18-7-13-33-26-25(18)27(38-37-26)35-20-8-11-32-12-9-20/h1-7,10,13-14,16,20,32H,8-9,11-12,15H2,(H,36,40)(H2,33,35,37,38). The highest BCUT2D eigenvalue weighted by atomic mass is 19.1. The summed E-state index contributed by atoms with van der Waals surface area (Å²) in [5, 5.41) is 21.6. The topological polar surface area (TPSA) is 130 Å². The molecule has 0 atom stereocenters. The smallest absolute Gasteiger partial charge is 0.284 e. The number of nitrogens with zero attached hydrogens (tertiary/aromatic N) is 4. The van der Waals surface area contributed by atoms with Crippen molar-refractivity contribution in [3.05, 3.63) is 106 Å². The summed E-state index contributed by atoms with van der Waals surface area (Å²) in [5.74, 6) is -0.998. The quantitative estimate of drug-likeness (QED) is 0.240. The number of carbonyl (C=O) groups is 1. The van der Waals surface area contributed by atoms with Crippen molar-refractivity contribution < 1.29 is 13.6 Å². The summed E-state index contributed by atoms with van der Waals surface area (Å²) >= 11 is 0. The van der Waals surface area contributed by atoms with E-state index in [0.717, 1.165) is 41.6 Å². The zero-order valence-electron chi connectivity index (χ0n) is 21.8. The Hall–Kier alpha value is -4.97. The molecule has 4 heterocycles. The number of hydrogen-bond donors (Lipinski definition) is 4. The van der Waals surface area contributed by atoms with E-state index in [-0.39, 0.29) is 23.7 Å². The van der Waals surface area contributed by atoms with E-state index in [1.165, 1.54) is 42.6 Å². The number of benzene rings is 2. The molecule has 3 aromatic heterocycles. The lowest BCUT2D eigenvalue weighted by Gasteiger charge is -2.23. The van der Waals surface area contributed by atoms with Gasteiger partial charge in [0.2, 0.25) is 0 Å². The first kappa shape index (κ1) is 26.3. The number of nitrogens with one attached hydrogen (secondary N) is 4. The average molecular weight is 557 g/mol. The van der Waals surface area contributed by atoms with E-state index in [2.05, 4.69) is 36.2 Å². The first-order valence-electron chi connectivity index (χ1n) is 13.2. The van der Waals surface area contributed by atoms with Gasteiger partial charge in [-0.3, -0.25) is 14.7 Å². The third-order valence-electron chi connectivity index (χ3n) is 7.08. The van der Waals surface area contributed by atoms with Crippen molar-refractivity contribution in [2.24, 2.45) is 0 Å². The fourth-order valence-corrected chi connectivity index (χ4v) is 4.95. The zero-order valence-corrected chi connectivity index (χ0v) is 21.8. The van der Waals surface area contributed by atoms with Gasteiger partial charge in [0.15, 0.2) is 11.5 Å². The molecule has 0 saturated carbocycles. The van der Waals surface area contributed by atoms with E-state index in [1.807, 2.05) is 6.07 Å². The van der Waals surface area contributed by atoms with E-state index in [1.54, 1.807) is 18.3 Å². The number of pyridine rings is 1. The van der Waals surface area contributed by atoms with Crippen LogP contribution >= 0.6 is 0 Å². The van der Waals surface area contributed by atoms with E-state index >= 15 is 4.39 Å². The molecular weight excluding hydrogens is 530 g/mol. The van der Waals surface area contributed by atoms with Gasteiger partial charge in [0.1, 0.15) is 17.2 Å². The highest BCUT2D eigenvalue weighted by molar-refractivity contribution is 6.04. The molecule has 0 radical (unpaired) electrons. The fraction of sp³-hybridized carbons (Fsp3) is 0.207. The first-order valence-corrected chi connectivity index (χ1v) is 13.2. The highest BCUT2D eigenvalue weighted by Crippen LogP contribution is 2.28.